The van der Waals surface area contributed by atoms with Gasteiger partial charge in [0.15, 0.2) is 0 Å². The fourth-order valence-electron chi connectivity index (χ4n) is 6.08. The summed E-state index contributed by atoms with van der Waals surface area (Å²) in [5.74, 6) is 2.20. The smallest absolute Gasteiger partial charge is 0.407 e. The molecule has 6 rings (SSSR count). The molecule has 2 bridgehead atoms. The normalized spacial score (nSPS) is 26.2. The molecule has 4 aliphatic rings. The number of hydrogen-bond donors (Lipinski definition) is 1. The molecule has 3 saturated heterocycles. The van der Waals surface area contributed by atoms with Crippen LogP contribution in [0.4, 0.5) is 4.79 Å². The van der Waals surface area contributed by atoms with Crippen molar-refractivity contribution < 1.29 is 19.0 Å². The van der Waals surface area contributed by atoms with Crippen LogP contribution in [-0.4, -0.2) is 49.9 Å². The number of piperidine rings is 3. The van der Waals surface area contributed by atoms with Crippen molar-refractivity contribution in [3.05, 3.63) is 47.5 Å². The van der Waals surface area contributed by atoms with Crippen LogP contribution >= 0.6 is 0 Å². The van der Waals surface area contributed by atoms with Crippen molar-refractivity contribution in [2.45, 2.75) is 59.1 Å². The van der Waals surface area contributed by atoms with Gasteiger partial charge < -0.3 is 19.5 Å². The third-order valence-corrected chi connectivity index (χ3v) is 7.87. The first-order valence-corrected chi connectivity index (χ1v) is 13.1. The lowest BCUT2D eigenvalue weighted by Gasteiger charge is -2.44. The number of hydrogen-bond acceptors (Lipinski definition) is 5. The van der Waals surface area contributed by atoms with Gasteiger partial charge in [-0.2, -0.15) is 0 Å². The van der Waals surface area contributed by atoms with Gasteiger partial charge in [0.25, 0.3) is 0 Å². The van der Waals surface area contributed by atoms with Gasteiger partial charge in [0.2, 0.25) is 0 Å². The third kappa shape index (κ3) is 4.86. The van der Waals surface area contributed by atoms with E-state index in [0.29, 0.717) is 19.1 Å². The average Bonchev–Trinajstić information content (AvgIpc) is 3.09. The lowest BCUT2D eigenvalue weighted by molar-refractivity contribution is -0.0349. The molecule has 0 aromatic heterocycles. The second kappa shape index (κ2) is 9.73. The number of benzene rings is 2. The minimum Gasteiger partial charge on any atom is -0.494 e. The number of nitrogens with zero attached hydrogens (tertiary/aromatic N) is 1. The van der Waals surface area contributed by atoms with Gasteiger partial charge in [0.05, 0.1) is 19.3 Å². The lowest BCUT2D eigenvalue weighted by atomic mass is 9.85. The molecule has 35 heavy (non-hydrogen) atoms. The van der Waals surface area contributed by atoms with Crippen molar-refractivity contribution in [1.29, 1.82) is 0 Å². The fourth-order valence-corrected chi connectivity index (χ4v) is 6.08. The summed E-state index contributed by atoms with van der Waals surface area (Å²) in [4.78, 5) is 15.4. The first-order chi connectivity index (χ1) is 16.9. The first kappa shape index (κ1) is 24.0. The van der Waals surface area contributed by atoms with Crippen molar-refractivity contribution >= 4 is 6.09 Å². The molecule has 3 aliphatic heterocycles. The van der Waals surface area contributed by atoms with Crippen LogP contribution < -0.4 is 14.8 Å². The van der Waals surface area contributed by atoms with E-state index in [9.17, 15) is 4.79 Å². The molecule has 188 valence electrons. The fraction of sp³-hybridized carbons (Fsp3) is 0.552. The van der Waals surface area contributed by atoms with E-state index in [4.69, 9.17) is 14.2 Å². The Labute approximate surface area is 208 Å². The van der Waals surface area contributed by atoms with E-state index in [2.05, 4.69) is 48.3 Å². The Morgan fingerprint density at radius 2 is 1.77 bits per heavy atom. The molecule has 1 N–H and O–H groups in total. The van der Waals surface area contributed by atoms with Crippen LogP contribution in [0.15, 0.2) is 36.4 Å². The van der Waals surface area contributed by atoms with Gasteiger partial charge in [-0.15, -0.1) is 0 Å². The van der Waals surface area contributed by atoms with Gasteiger partial charge >= 0.3 is 6.09 Å². The van der Waals surface area contributed by atoms with E-state index in [1.165, 1.54) is 5.56 Å². The Bertz CT molecular complexity index is 1060. The highest BCUT2D eigenvalue weighted by molar-refractivity contribution is 5.74. The van der Waals surface area contributed by atoms with Crippen LogP contribution in [0.1, 0.15) is 57.7 Å². The molecule has 3 fully saturated rings. The maximum absolute atomic E-state index is 13.0. The quantitative estimate of drug-likeness (QED) is 0.562. The molecular formula is C29H38N2O4. The van der Waals surface area contributed by atoms with E-state index in [-0.39, 0.29) is 23.7 Å². The van der Waals surface area contributed by atoms with Crippen LogP contribution in [0.2, 0.25) is 0 Å². The highest BCUT2D eigenvalue weighted by atomic mass is 16.6. The number of rotatable bonds is 7. The minimum absolute atomic E-state index is 0.00232. The number of carbonyl (C=O) groups excluding carboxylic acids is 1. The standard InChI is InChI=1S/C29H38N2O4/c1-5-33-22-9-7-19(8-10-22)23-15-21-17-29(3,4)27(24(21)16-25(23)34-6-2)30-28(32)35-26-18-31-13-11-20(26)12-14-31/h7-10,15-16,20,26-27H,5-6,11-14,17-18H2,1-4H3,(H,30,32)/t26-,27-/m0/s1. The zero-order valence-corrected chi connectivity index (χ0v) is 21.4. The molecule has 0 unspecified atom stereocenters. The lowest BCUT2D eigenvalue weighted by Crippen LogP contribution is -2.53. The molecule has 6 nitrogen and oxygen atoms in total. The van der Waals surface area contributed by atoms with Gasteiger partial charge in [-0.05, 0) is 98.5 Å². The van der Waals surface area contributed by atoms with E-state index in [1.54, 1.807) is 0 Å². The summed E-state index contributed by atoms with van der Waals surface area (Å²) in [7, 11) is 0. The van der Waals surface area contributed by atoms with Crippen molar-refractivity contribution in [3.63, 3.8) is 0 Å². The predicted molar refractivity (Wildman–Crippen MR) is 137 cm³/mol. The molecule has 3 heterocycles. The number of fused-ring (bicyclic) bond motifs is 4. The second-order valence-corrected chi connectivity index (χ2v) is 10.8. The molecule has 2 atom stereocenters. The van der Waals surface area contributed by atoms with E-state index in [1.807, 2.05) is 26.0 Å². The first-order valence-electron chi connectivity index (χ1n) is 13.1. The molecule has 1 aliphatic carbocycles. The minimum atomic E-state index is -0.303. The maximum atomic E-state index is 13.0. The number of alkyl carbamates (subject to hydrolysis) is 1. The predicted octanol–water partition coefficient (Wildman–Crippen LogP) is 5.59. The van der Waals surface area contributed by atoms with E-state index in [0.717, 1.165) is 67.1 Å². The van der Waals surface area contributed by atoms with Gasteiger partial charge in [-0.3, -0.25) is 4.90 Å². The van der Waals surface area contributed by atoms with Gasteiger partial charge in [0.1, 0.15) is 17.6 Å². The maximum Gasteiger partial charge on any atom is 0.407 e. The molecule has 2 aromatic carbocycles. The van der Waals surface area contributed by atoms with Gasteiger partial charge in [-0.1, -0.05) is 26.0 Å². The topological polar surface area (TPSA) is 60.0 Å². The van der Waals surface area contributed by atoms with Gasteiger partial charge in [-0.25, -0.2) is 4.79 Å². The van der Waals surface area contributed by atoms with Crippen LogP contribution in [0.25, 0.3) is 11.1 Å². The Morgan fingerprint density at radius 3 is 2.40 bits per heavy atom. The van der Waals surface area contributed by atoms with E-state index < -0.39 is 0 Å². The zero-order chi connectivity index (χ0) is 24.6. The molecule has 2 aromatic rings. The third-order valence-electron chi connectivity index (χ3n) is 7.87. The summed E-state index contributed by atoms with van der Waals surface area (Å²) in [6.07, 6.45) is 2.83. The number of carbonyl (C=O) groups is 1. The van der Waals surface area contributed by atoms with Crippen molar-refractivity contribution in [2.75, 3.05) is 32.8 Å². The second-order valence-electron chi connectivity index (χ2n) is 10.8. The molecule has 0 saturated carbocycles. The van der Waals surface area contributed by atoms with Gasteiger partial charge in [0, 0.05) is 12.1 Å². The summed E-state index contributed by atoms with van der Waals surface area (Å²) < 4.78 is 17.7. The van der Waals surface area contributed by atoms with Crippen LogP contribution in [0, 0.1) is 11.3 Å². The summed E-state index contributed by atoms with van der Waals surface area (Å²) >= 11 is 0. The molecule has 1 amide bonds. The number of nitrogens with one attached hydrogen (secondary N) is 1. The van der Waals surface area contributed by atoms with Crippen LogP contribution in [0.3, 0.4) is 0 Å². The largest absolute Gasteiger partial charge is 0.494 e. The molecule has 0 radical (unpaired) electrons. The number of amides is 1. The highest BCUT2D eigenvalue weighted by Gasteiger charge is 2.42. The Morgan fingerprint density at radius 1 is 1.06 bits per heavy atom. The zero-order valence-electron chi connectivity index (χ0n) is 21.4. The van der Waals surface area contributed by atoms with E-state index >= 15 is 0 Å². The molecule has 0 spiro atoms. The summed E-state index contributed by atoms with van der Waals surface area (Å²) in [5, 5.41) is 3.23. The Balaban J connectivity index is 1.39. The Hall–Kier alpha value is -2.73. The molecular weight excluding hydrogens is 440 g/mol. The Kier molecular flexibility index (Phi) is 6.67. The SMILES string of the molecule is CCOc1ccc(-c2cc3c(cc2OCC)[C@H](NC(=O)O[C@H]2CN4CCC2CC4)C(C)(C)C3)cc1. The van der Waals surface area contributed by atoms with Crippen molar-refractivity contribution in [3.8, 4) is 22.6 Å². The summed E-state index contributed by atoms with van der Waals surface area (Å²) in [6, 6.07) is 12.4. The summed E-state index contributed by atoms with van der Waals surface area (Å²) in [6.45, 7) is 12.8. The summed E-state index contributed by atoms with van der Waals surface area (Å²) in [5.41, 5.74) is 4.40. The van der Waals surface area contributed by atoms with Crippen LogP contribution in [-0.2, 0) is 11.2 Å². The molecule has 6 heteroatoms. The average molecular weight is 479 g/mol. The van der Waals surface area contributed by atoms with Crippen molar-refractivity contribution in [1.82, 2.24) is 10.2 Å². The van der Waals surface area contributed by atoms with Crippen LogP contribution in [0.5, 0.6) is 11.5 Å². The highest BCUT2D eigenvalue weighted by Crippen LogP contribution is 2.49. The monoisotopic (exact) mass is 478 g/mol. The van der Waals surface area contributed by atoms with Crippen molar-refractivity contribution in [2.24, 2.45) is 11.3 Å². The number of ether oxygens (including phenoxy) is 3.